The molecule has 152 valence electrons. The fourth-order valence-electron chi connectivity index (χ4n) is 3.23. The van der Waals surface area contributed by atoms with Gasteiger partial charge in [0.25, 0.3) is 10.1 Å². The van der Waals surface area contributed by atoms with Crippen LogP contribution in [0.4, 0.5) is 0 Å². The topological polar surface area (TPSA) is 94.8 Å². The van der Waals surface area contributed by atoms with Crippen LogP contribution in [0.1, 0.15) is 16.7 Å². The van der Waals surface area contributed by atoms with Crippen molar-refractivity contribution >= 4 is 56.5 Å². The molecule has 5 nitrogen and oxygen atoms in total. The van der Waals surface area contributed by atoms with Gasteiger partial charge < -0.3 is 10.2 Å². The summed E-state index contributed by atoms with van der Waals surface area (Å²) in [6.45, 7) is 0. The molecule has 0 aliphatic carbocycles. The van der Waals surface area contributed by atoms with Gasteiger partial charge in [-0.1, -0.05) is 70.7 Å². The zero-order chi connectivity index (χ0) is 21.6. The third kappa shape index (κ3) is 3.65. The molecule has 29 heavy (non-hydrogen) atoms. The predicted molar refractivity (Wildman–Crippen MR) is 114 cm³/mol. The molecule has 3 aromatic rings. The van der Waals surface area contributed by atoms with E-state index in [9.17, 15) is 23.2 Å². The number of phenols is 2. The number of halogens is 4. The summed E-state index contributed by atoms with van der Waals surface area (Å²) in [6, 6.07) is 11.6. The summed E-state index contributed by atoms with van der Waals surface area (Å²) in [7, 11) is -5.14. The van der Waals surface area contributed by atoms with E-state index < -0.39 is 31.4 Å². The third-order valence-electron chi connectivity index (χ3n) is 4.38. The van der Waals surface area contributed by atoms with Crippen molar-refractivity contribution in [3.63, 3.8) is 0 Å². The van der Waals surface area contributed by atoms with E-state index in [1.165, 1.54) is 42.5 Å². The zero-order valence-corrected chi connectivity index (χ0v) is 18.1. The Hall–Kier alpha value is -1.67. The number of hydrogen-bond acceptors (Lipinski definition) is 4. The summed E-state index contributed by atoms with van der Waals surface area (Å²) >= 11 is 24.6. The first-order valence-electron chi connectivity index (χ1n) is 7.89. The minimum absolute atomic E-state index is 0.0598. The Bertz CT molecular complexity index is 1210. The molecule has 0 saturated carbocycles. The SMILES string of the molecule is O=S(=O)(O)C(c1ccccc1O)(c1ccc(Cl)cc1Cl)c1cc(Cl)cc(O)c1Cl. The van der Waals surface area contributed by atoms with E-state index in [0.717, 1.165) is 12.1 Å². The molecular formula is C19H12Cl4O5S. The maximum Gasteiger partial charge on any atom is 0.283 e. The molecule has 1 atom stereocenters. The molecule has 0 amide bonds. The molecule has 3 aromatic carbocycles. The van der Waals surface area contributed by atoms with Crippen molar-refractivity contribution in [2.75, 3.05) is 0 Å². The standard InChI is InChI=1S/C19H12Cl4O5S/c20-10-5-6-12(15(22)8-10)19(29(26,27)28,13-3-1-2-4-16(13)24)14-7-11(21)9-17(25)18(14)23/h1-9,24-25H,(H,26,27,28). The zero-order valence-electron chi connectivity index (χ0n) is 14.3. The first kappa shape index (κ1) is 22.0. The Morgan fingerprint density at radius 3 is 1.97 bits per heavy atom. The molecule has 1 unspecified atom stereocenters. The lowest BCUT2D eigenvalue weighted by molar-refractivity contribution is 0.439. The number of rotatable bonds is 4. The largest absolute Gasteiger partial charge is 0.508 e. The summed E-state index contributed by atoms with van der Waals surface area (Å²) in [4.78, 5) is 0. The Kier molecular flexibility index (Phi) is 5.98. The van der Waals surface area contributed by atoms with Crippen molar-refractivity contribution < 1.29 is 23.2 Å². The van der Waals surface area contributed by atoms with Crippen LogP contribution in [0.5, 0.6) is 11.5 Å². The van der Waals surface area contributed by atoms with E-state index in [2.05, 4.69) is 0 Å². The Balaban J connectivity index is 2.66. The Labute approximate surface area is 186 Å². The molecule has 10 heteroatoms. The number of para-hydroxylation sites is 1. The van der Waals surface area contributed by atoms with Gasteiger partial charge in [0, 0.05) is 37.8 Å². The summed E-state index contributed by atoms with van der Waals surface area (Å²) < 4.78 is 33.9. The lowest BCUT2D eigenvalue weighted by Crippen LogP contribution is -2.39. The van der Waals surface area contributed by atoms with Gasteiger partial charge in [-0.2, -0.15) is 8.42 Å². The summed E-state index contributed by atoms with van der Waals surface area (Å²) in [6.07, 6.45) is 0. The quantitative estimate of drug-likeness (QED) is 0.311. The molecular weight excluding hydrogens is 482 g/mol. The van der Waals surface area contributed by atoms with E-state index in [0.29, 0.717) is 0 Å². The van der Waals surface area contributed by atoms with Gasteiger partial charge in [-0.25, -0.2) is 0 Å². The maximum absolute atomic E-state index is 13.0. The van der Waals surface area contributed by atoms with Crippen LogP contribution in [-0.2, 0) is 14.9 Å². The minimum Gasteiger partial charge on any atom is -0.508 e. The molecule has 0 saturated heterocycles. The van der Waals surface area contributed by atoms with Crippen LogP contribution in [0.3, 0.4) is 0 Å². The van der Waals surface area contributed by atoms with Crippen LogP contribution in [0.15, 0.2) is 54.6 Å². The lowest BCUT2D eigenvalue weighted by atomic mass is 9.83. The van der Waals surface area contributed by atoms with Crippen LogP contribution in [0.25, 0.3) is 0 Å². The second-order valence-corrected chi connectivity index (χ2v) is 9.30. The van der Waals surface area contributed by atoms with E-state index in [-0.39, 0.29) is 31.8 Å². The third-order valence-corrected chi connectivity index (χ3v) is 6.98. The van der Waals surface area contributed by atoms with Crippen LogP contribution in [-0.4, -0.2) is 23.2 Å². The van der Waals surface area contributed by atoms with Crippen LogP contribution in [0.2, 0.25) is 20.1 Å². The van der Waals surface area contributed by atoms with Crippen molar-refractivity contribution in [2.45, 2.75) is 4.75 Å². The lowest BCUT2D eigenvalue weighted by Gasteiger charge is -2.34. The normalized spacial score (nSPS) is 13.8. The molecule has 0 bridgehead atoms. The number of phenolic OH excluding ortho intramolecular Hbond substituents is 2. The number of aromatic hydroxyl groups is 2. The smallest absolute Gasteiger partial charge is 0.283 e. The summed E-state index contributed by atoms with van der Waals surface area (Å²) in [5.74, 6) is -0.991. The highest BCUT2D eigenvalue weighted by atomic mass is 35.5. The molecule has 0 radical (unpaired) electrons. The van der Waals surface area contributed by atoms with E-state index in [1.54, 1.807) is 0 Å². The molecule has 0 aliphatic heterocycles. The summed E-state index contributed by atoms with van der Waals surface area (Å²) in [5.41, 5.74) is -0.719. The minimum atomic E-state index is -5.14. The van der Waals surface area contributed by atoms with Gasteiger partial charge in [-0.05, 0) is 24.3 Å². The fourth-order valence-corrected chi connectivity index (χ4v) is 5.70. The fraction of sp³-hybridized carbons (Fsp3) is 0.0526. The van der Waals surface area contributed by atoms with Gasteiger partial charge in [0.05, 0.1) is 5.02 Å². The average molecular weight is 494 g/mol. The van der Waals surface area contributed by atoms with Crippen molar-refractivity contribution in [3.05, 3.63) is 91.4 Å². The van der Waals surface area contributed by atoms with E-state index >= 15 is 0 Å². The molecule has 3 rings (SSSR count). The summed E-state index contributed by atoms with van der Waals surface area (Å²) in [5, 5.41) is 20.3. The monoisotopic (exact) mass is 492 g/mol. The van der Waals surface area contributed by atoms with E-state index in [1.807, 2.05) is 0 Å². The maximum atomic E-state index is 13.0. The van der Waals surface area contributed by atoms with Gasteiger partial charge in [0.15, 0.2) is 4.75 Å². The molecule has 0 fully saturated rings. The van der Waals surface area contributed by atoms with Gasteiger partial charge in [-0.15, -0.1) is 0 Å². The van der Waals surface area contributed by atoms with Crippen molar-refractivity contribution in [2.24, 2.45) is 0 Å². The van der Waals surface area contributed by atoms with Gasteiger partial charge in [0.1, 0.15) is 11.5 Å². The van der Waals surface area contributed by atoms with Crippen molar-refractivity contribution in [3.8, 4) is 11.5 Å². The molecule has 0 spiro atoms. The molecule has 3 N–H and O–H groups in total. The molecule has 0 aliphatic rings. The predicted octanol–water partition coefficient (Wildman–Crippen LogP) is 5.89. The van der Waals surface area contributed by atoms with Gasteiger partial charge >= 0.3 is 0 Å². The first-order valence-corrected chi connectivity index (χ1v) is 10.8. The van der Waals surface area contributed by atoms with Crippen LogP contribution < -0.4 is 0 Å². The molecule has 0 aromatic heterocycles. The average Bonchev–Trinajstić information content (AvgIpc) is 2.61. The highest BCUT2D eigenvalue weighted by molar-refractivity contribution is 7.87. The molecule has 0 heterocycles. The Morgan fingerprint density at radius 2 is 1.38 bits per heavy atom. The van der Waals surface area contributed by atoms with Crippen LogP contribution >= 0.6 is 46.4 Å². The highest BCUT2D eigenvalue weighted by Crippen LogP contribution is 2.52. The highest BCUT2D eigenvalue weighted by Gasteiger charge is 2.52. The second kappa shape index (κ2) is 7.87. The number of hydrogen-bond donors (Lipinski definition) is 3. The van der Waals surface area contributed by atoms with Crippen LogP contribution in [0, 0.1) is 0 Å². The number of benzene rings is 3. The van der Waals surface area contributed by atoms with Crippen molar-refractivity contribution in [1.29, 1.82) is 0 Å². The van der Waals surface area contributed by atoms with E-state index in [4.69, 9.17) is 46.4 Å². The Morgan fingerprint density at radius 1 is 0.724 bits per heavy atom. The van der Waals surface area contributed by atoms with Crippen molar-refractivity contribution in [1.82, 2.24) is 0 Å². The van der Waals surface area contributed by atoms with Gasteiger partial charge in [-0.3, -0.25) is 4.55 Å². The second-order valence-electron chi connectivity index (χ2n) is 6.08. The van der Waals surface area contributed by atoms with Gasteiger partial charge in [0.2, 0.25) is 0 Å². The first-order chi connectivity index (χ1) is 13.5.